The molecule has 0 radical (unpaired) electrons. The van der Waals surface area contributed by atoms with Crippen LogP contribution in [0, 0.1) is 5.92 Å². The number of rotatable bonds is 3. The van der Waals surface area contributed by atoms with Crippen LogP contribution in [0.5, 0.6) is 0 Å². The van der Waals surface area contributed by atoms with Gasteiger partial charge in [-0.25, -0.2) is 9.69 Å². The Balaban J connectivity index is 1.90. The molecule has 0 aliphatic carbocycles. The molecular weight excluding hydrogens is 445 g/mol. The topological polar surface area (TPSA) is 78.8 Å². The smallest absolute Gasteiger partial charge is 0.276 e. The number of hydrogen-bond donors (Lipinski definition) is 1. The van der Waals surface area contributed by atoms with Gasteiger partial charge in [-0.3, -0.25) is 19.9 Å². The van der Waals surface area contributed by atoms with Crippen molar-refractivity contribution < 1.29 is 14.4 Å². The van der Waals surface area contributed by atoms with Gasteiger partial charge in [0.25, 0.3) is 5.91 Å². The molecule has 0 saturated carbocycles. The van der Waals surface area contributed by atoms with Gasteiger partial charge < -0.3 is 0 Å². The Morgan fingerprint density at radius 2 is 1.77 bits per heavy atom. The van der Waals surface area contributed by atoms with Crippen LogP contribution in [0.25, 0.3) is 0 Å². The van der Waals surface area contributed by atoms with Crippen molar-refractivity contribution in [2.75, 3.05) is 4.90 Å². The van der Waals surface area contributed by atoms with E-state index in [-0.39, 0.29) is 5.02 Å². The van der Waals surface area contributed by atoms with Gasteiger partial charge in [0.15, 0.2) is 5.92 Å². The van der Waals surface area contributed by atoms with Crippen LogP contribution in [0.15, 0.2) is 51.9 Å². The molecule has 6 nitrogen and oxygen atoms in total. The number of aliphatic imine (C=N–C) groups is 1. The van der Waals surface area contributed by atoms with Gasteiger partial charge in [0.2, 0.25) is 5.91 Å². The van der Waals surface area contributed by atoms with E-state index < -0.39 is 23.8 Å². The van der Waals surface area contributed by atoms with Gasteiger partial charge in [0.1, 0.15) is 0 Å². The maximum atomic E-state index is 12.7. The van der Waals surface area contributed by atoms with Crippen molar-refractivity contribution in [3.63, 3.8) is 0 Å². The second kappa shape index (κ2) is 7.57. The first kappa shape index (κ1) is 18.6. The van der Waals surface area contributed by atoms with Crippen LogP contribution in [0.4, 0.5) is 16.2 Å². The van der Waals surface area contributed by atoms with E-state index in [9.17, 15) is 14.4 Å². The minimum Gasteiger partial charge on any atom is -0.276 e. The predicted octanol–water partition coefficient (Wildman–Crippen LogP) is 4.36. The first-order chi connectivity index (χ1) is 12.4. The van der Waals surface area contributed by atoms with Gasteiger partial charge in [-0.1, -0.05) is 39.1 Å². The third kappa shape index (κ3) is 3.80. The SMILES string of the molecule is O=C1NC(=O)N(c2ccc(Br)cc2)C(=O)[C@@H]1C=Nc1ccc(Cl)cc1Cl. The molecule has 1 fully saturated rings. The molecule has 1 aliphatic rings. The number of barbiturate groups is 1. The first-order valence-electron chi connectivity index (χ1n) is 7.30. The lowest BCUT2D eigenvalue weighted by Crippen LogP contribution is -2.58. The molecule has 0 bridgehead atoms. The standard InChI is InChI=1S/C17H10BrCl2N3O3/c18-9-1-4-11(5-2-9)23-16(25)12(15(24)22-17(23)26)8-21-14-6-3-10(19)7-13(14)20/h1-8,12H,(H,22,24,26)/t12-/m1/s1. The number of carbonyl (C=O) groups is 3. The van der Waals surface area contributed by atoms with Crippen LogP contribution in [0.2, 0.25) is 10.0 Å². The van der Waals surface area contributed by atoms with Crippen LogP contribution < -0.4 is 10.2 Å². The van der Waals surface area contributed by atoms with Crippen molar-refractivity contribution in [1.82, 2.24) is 5.32 Å². The fraction of sp³-hybridized carbons (Fsp3) is 0.0588. The van der Waals surface area contributed by atoms with E-state index in [1.807, 2.05) is 0 Å². The Labute approximate surface area is 166 Å². The lowest BCUT2D eigenvalue weighted by atomic mass is 10.1. The number of anilines is 1. The highest BCUT2D eigenvalue weighted by Gasteiger charge is 2.40. The number of hydrogen-bond acceptors (Lipinski definition) is 4. The van der Waals surface area contributed by atoms with E-state index in [4.69, 9.17) is 23.2 Å². The summed E-state index contributed by atoms with van der Waals surface area (Å²) in [5.41, 5.74) is 0.690. The molecule has 0 unspecified atom stereocenters. The zero-order valence-corrected chi connectivity index (χ0v) is 16.0. The van der Waals surface area contributed by atoms with E-state index >= 15 is 0 Å². The maximum Gasteiger partial charge on any atom is 0.335 e. The fourth-order valence-corrected chi connectivity index (χ4v) is 3.02. The van der Waals surface area contributed by atoms with Crippen molar-refractivity contribution in [3.8, 4) is 0 Å². The molecule has 2 aromatic rings. The summed E-state index contributed by atoms with van der Waals surface area (Å²) in [4.78, 5) is 41.8. The second-order valence-corrected chi connectivity index (χ2v) is 7.06. The number of amides is 4. The quantitative estimate of drug-likeness (QED) is 0.552. The van der Waals surface area contributed by atoms with Gasteiger partial charge >= 0.3 is 6.03 Å². The van der Waals surface area contributed by atoms with Gasteiger partial charge in [-0.15, -0.1) is 0 Å². The largest absolute Gasteiger partial charge is 0.335 e. The molecule has 1 aliphatic heterocycles. The number of halogens is 3. The van der Waals surface area contributed by atoms with Crippen molar-refractivity contribution in [2.45, 2.75) is 0 Å². The summed E-state index contributed by atoms with van der Waals surface area (Å²) in [7, 11) is 0. The summed E-state index contributed by atoms with van der Waals surface area (Å²) in [6.45, 7) is 0. The minimum atomic E-state index is -1.26. The van der Waals surface area contributed by atoms with Crippen LogP contribution in [-0.4, -0.2) is 24.1 Å². The highest BCUT2D eigenvalue weighted by atomic mass is 79.9. The molecule has 26 heavy (non-hydrogen) atoms. The Morgan fingerprint density at radius 1 is 1.08 bits per heavy atom. The molecule has 4 amide bonds. The molecule has 1 saturated heterocycles. The lowest BCUT2D eigenvalue weighted by molar-refractivity contribution is -0.131. The number of nitrogens with one attached hydrogen (secondary N) is 1. The zero-order valence-electron chi connectivity index (χ0n) is 12.9. The Bertz CT molecular complexity index is 931. The van der Waals surface area contributed by atoms with Crippen molar-refractivity contribution in [2.24, 2.45) is 10.9 Å². The molecule has 0 aromatic heterocycles. The van der Waals surface area contributed by atoms with Crippen LogP contribution >= 0.6 is 39.1 Å². The summed E-state index contributed by atoms with van der Waals surface area (Å²) in [5.74, 6) is -2.71. The van der Waals surface area contributed by atoms with E-state index in [1.165, 1.54) is 6.07 Å². The van der Waals surface area contributed by atoms with E-state index in [0.717, 1.165) is 15.6 Å². The summed E-state index contributed by atoms with van der Waals surface area (Å²) in [6, 6.07) is 10.4. The predicted molar refractivity (Wildman–Crippen MR) is 103 cm³/mol. The summed E-state index contributed by atoms with van der Waals surface area (Å²) >= 11 is 15.1. The Morgan fingerprint density at radius 3 is 2.42 bits per heavy atom. The van der Waals surface area contributed by atoms with Crippen LogP contribution in [0.3, 0.4) is 0 Å². The summed E-state index contributed by atoms with van der Waals surface area (Å²) in [6.07, 6.45) is 1.16. The van der Waals surface area contributed by atoms with Gasteiger partial charge in [0, 0.05) is 15.7 Å². The Hall–Kier alpha value is -2.22. The van der Waals surface area contributed by atoms with Gasteiger partial charge in [0.05, 0.1) is 16.4 Å². The highest BCUT2D eigenvalue weighted by Crippen LogP contribution is 2.28. The van der Waals surface area contributed by atoms with Crippen molar-refractivity contribution in [1.29, 1.82) is 0 Å². The molecule has 1 N–H and O–H groups in total. The lowest BCUT2D eigenvalue weighted by Gasteiger charge is -2.28. The molecule has 9 heteroatoms. The highest BCUT2D eigenvalue weighted by molar-refractivity contribution is 9.10. The van der Waals surface area contributed by atoms with Gasteiger partial charge in [-0.2, -0.15) is 0 Å². The molecule has 1 atom stereocenters. The number of imide groups is 2. The van der Waals surface area contributed by atoms with E-state index in [0.29, 0.717) is 16.4 Å². The maximum absolute atomic E-state index is 12.7. The molecule has 1 heterocycles. The second-order valence-electron chi connectivity index (χ2n) is 5.30. The minimum absolute atomic E-state index is 0.276. The third-order valence-electron chi connectivity index (χ3n) is 3.56. The number of nitrogens with zero attached hydrogens (tertiary/aromatic N) is 2. The summed E-state index contributed by atoms with van der Waals surface area (Å²) < 4.78 is 0.790. The molecule has 0 spiro atoms. The van der Waals surface area contributed by atoms with Crippen molar-refractivity contribution >= 4 is 74.6 Å². The Kier molecular flexibility index (Phi) is 5.41. The number of carbonyl (C=O) groups excluding carboxylic acids is 3. The molecule has 132 valence electrons. The zero-order chi connectivity index (χ0) is 18.8. The molecule has 3 rings (SSSR count). The first-order valence-corrected chi connectivity index (χ1v) is 8.85. The van der Waals surface area contributed by atoms with Gasteiger partial charge in [-0.05, 0) is 42.5 Å². The van der Waals surface area contributed by atoms with E-state index in [2.05, 4.69) is 26.2 Å². The third-order valence-corrected chi connectivity index (χ3v) is 4.63. The normalized spacial score (nSPS) is 17.7. The average Bonchev–Trinajstić information content (AvgIpc) is 2.57. The van der Waals surface area contributed by atoms with Crippen molar-refractivity contribution in [3.05, 3.63) is 57.0 Å². The molecular formula is C17H10BrCl2N3O3. The number of benzene rings is 2. The van der Waals surface area contributed by atoms with Crippen LogP contribution in [0.1, 0.15) is 0 Å². The number of urea groups is 1. The average molecular weight is 455 g/mol. The molecule has 2 aromatic carbocycles. The van der Waals surface area contributed by atoms with Crippen LogP contribution in [-0.2, 0) is 9.59 Å². The summed E-state index contributed by atoms with van der Waals surface area (Å²) in [5, 5.41) is 2.87. The van der Waals surface area contributed by atoms with E-state index in [1.54, 1.807) is 36.4 Å². The monoisotopic (exact) mass is 453 g/mol. The fourth-order valence-electron chi connectivity index (χ4n) is 2.30.